The van der Waals surface area contributed by atoms with E-state index in [0.29, 0.717) is 17.4 Å². The highest BCUT2D eigenvalue weighted by atomic mass is 28.3. The monoisotopic (exact) mass is 246 g/mol. The molecule has 5 heteroatoms. The molecule has 0 aromatic heterocycles. The zero-order valence-electron chi connectivity index (χ0n) is 10.2. The fourth-order valence-electron chi connectivity index (χ4n) is 2.38. The topological polar surface area (TPSA) is 36.9 Å². The molecule has 2 saturated heterocycles. The Bertz CT molecular complexity index is 186. The Kier molecular flexibility index (Phi) is 4.78. The fourth-order valence-corrected chi connectivity index (χ4v) is 4.91. The van der Waals surface area contributed by atoms with Crippen molar-refractivity contribution in [2.45, 2.75) is 19.4 Å². The van der Waals surface area contributed by atoms with Crippen LogP contribution in [-0.4, -0.2) is 48.9 Å². The van der Waals surface area contributed by atoms with Gasteiger partial charge in [0.05, 0.1) is 26.4 Å². The molecule has 0 N–H and O–H groups in total. The lowest BCUT2D eigenvalue weighted by atomic mass is 9.91. The first kappa shape index (κ1) is 12.5. The van der Waals surface area contributed by atoms with E-state index in [1.807, 2.05) is 13.8 Å². The van der Waals surface area contributed by atoms with Crippen molar-refractivity contribution in [1.82, 2.24) is 0 Å². The van der Waals surface area contributed by atoms with E-state index in [2.05, 4.69) is 0 Å². The van der Waals surface area contributed by atoms with Crippen LogP contribution in [0.2, 0.25) is 5.54 Å². The van der Waals surface area contributed by atoms with Gasteiger partial charge in [0.25, 0.3) is 0 Å². The van der Waals surface area contributed by atoms with Gasteiger partial charge in [0.15, 0.2) is 0 Å². The summed E-state index contributed by atoms with van der Waals surface area (Å²) >= 11 is 0. The second kappa shape index (κ2) is 6.12. The van der Waals surface area contributed by atoms with E-state index in [4.69, 9.17) is 18.3 Å². The molecule has 0 atom stereocenters. The summed E-state index contributed by atoms with van der Waals surface area (Å²) in [6, 6.07) is 0. The van der Waals surface area contributed by atoms with E-state index < -0.39 is 9.28 Å². The maximum Gasteiger partial charge on any atom is 0.325 e. The van der Waals surface area contributed by atoms with Crippen LogP contribution in [0.1, 0.15) is 13.8 Å². The third-order valence-electron chi connectivity index (χ3n) is 3.39. The van der Waals surface area contributed by atoms with Crippen LogP contribution < -0.4 is 0 Å². The summed E-state index contributed by atoms with van der Waals surface area (Å²) in [5.74, 6) is 1.28. The number of rotatable bonds is 7. The molecule has 0 saturated carbocycles. The first-order valence-electron chi connectivity index (χ1n) is 6.25. The summed E-state index contributed by atoms with van der Waals surface area (Å²) in [4.78, 5) is 0. The minimum absolute atomic E-state index is 0.572. The van der Waals surface area contributed by atoms with Crippen molar-refractivity contribution in [3.63, 3.8) is 0 Å². The zero-order chi connectivity index (χ0) is 11.4. The van der Waals surface area contributed by atoms with Crippen LogP contribution in [0.25, 0.3) is 0 Å². The highest BCUT2D eigenvalue weighted by molar-refractivity contribution is 6.46. The van der Waals surface area contributed by atoms with Gasteiger partial charge < -0.3 is 18.3 Å². The van der Waals surface area contributed by atoms with Gasteiger partial charge in [-0.15, -0.1) is 0 Å². The summed E-state index contributed by atoms with van der Waals surface area (Å²) < 4.78 is 22.4. The van der Waals surface area contributed by atoms with E-state index in [0.717, 1.165) is 39.6 Å². The Morgan fingerprint density at radius 3 is 1.69 bits per heavy atom. The summed E-state index contributed by atoms with van der Waals surface area (Å²) in [5, 5.41) is 0. The quantitative estimate of drug-likeness (QED) is 0.627. The molecule has 0 spiro atoms. The van der Waals surface area contributed by atoms with Gasteiger partial charge in [0, 0.05) is 30.6 Å². The largest absolute Gasteiger partial charge is 0.397 e. The predicted octanol–water partition coefficient (Wildman–Crippen LogP) is 0.943. The van der Waals surface area contributed by atoms with E-state index in [-0.39, 0.29) is 0 Å². The molecule has 4 nitrogen and oxygen atoms in total. The van der Waals surface area contributed by atoms with Gasteiger partial charge in [-0.25, -0.2) is 0 Å². The average Bonchev–Trinajstić information content (AvgIpc) is 2.11. The average molecular weight is 246 g/mol. The molecule has 0 radical (unpaired) electrons. The summed E-state index contributed by atoms with van der Waals surface area (Å²) in [5.41, 5.74) is 0.572. The fraction of sp³-hybridized carbons (Fsp3) is 1.00. The molecule has 2 aliphatic heterocycles. The molecule has 0 amide bonds. The highest BCUT2D eigenvalue weighted by Crippen LogP contribution is 2.39. The zero-order valence-corrected chi connectivity index (χ0v) is 11.3. The van der Waals surface area contributed by atoms with Gasteiger partial charge in [-0.1, -0.05) is 0 Å². The molecule has 94 valence electrons. The lowest BCUT2D eigenvalue weighted by molar-refractivity contribution is -0.0963. The van der Waals surface area contributed by atoms with Crippen molar-refractivity contribution >= 4 is 9.28 Å². The molecule has 0 aromatic carbocycles. The first-order chi connectivity index (χ1) is 7.86. The van der Waals surface area contributed by atoms with Gasteiger partial charge in [0.1, 0.15) is 0 Å². The van der Waals surface area contributed by atoms with Crippen LogP contribution in [0.5, 0.6) is 0 Å². The third kappa shape index (κ3) is 2.65. The second-order valence-electron chi connectivity index (χ2n) is 4.45. The molecular formula is C11H22O4Si. The molecule has 2 heterocycles. The van der Waals surface area contributed by atoms with Crippen molar-refractivity contribution in [1.29, 1.82) is 0 Å². The molecule has 0 aliphatic carbocycles. The maximum absolute atomic E-state index is 5.86. The van der Waals surface area contributed by atoms with Crippen LogP contribution in [0, 0.1) is 11.8 Å². The van der Waals surface area contributed by atoms with Crippen molar-refractivity contribution < 1.29 is 18.3 Å². The molecule has 2 fully saturated rings. The van der Waals surface area contributed by atoms with E-state index in [9.17, 15) is 0 Å². The Morgan fingerprint density at radius 2 is 1.44 bits per heavy atom. The first-order valence-corrected chi connectivity index (χ1v) is 7.86. The van der Waals surface area contributed by atoms with Gasteiger partial charge >= 0.3 is 9.28 Å². The van der Waals surface area contributed by atoms with E-state index in [1.165, 1.54) is 0 Å². The second-order valence-corrected chi connectivity index (χ2v) is 6.62. The van der Waals surface area contributed by atoms with Crippen molar-refractivity contribution in [3.8, 4) is 0 Å². The number of ether oxygens (including phenoxy) is 2. The number of hydrogen-bond acceptors (Lipinski definition) is 4. The molecular weight excluding hydrogens is 224 g/mol. The molecule has 2 aliphatic rings. The van der Waals surface area contributed by atoms with E-state index in [1.54, 1.807) is 0 Å². The maximum atomic E-state index is 5.86. The van der Waals surface area contributed by atoms with Crippen LogP contribution in [-0.2, 0) is 18.3 Å². The molecule has 0 aromatic rings. The standard InChI is InChI=1S/C11H22O4Si/c1-3-14-16(15-4-2)11(9-5-12-6-9)10-7-13-8-10/h9-11,16H,3-8H2,1-2H3. The van der Waals surface area contributed by atoms with Gasteiger partial charge in [0.2, 0.25) is 0 Å². The van der Waals surface area contributed by atoms with Gasteiger partial charge in [-0.05, 0) is 13.8 Å². The summed E-state index contributed by atoms with van der Waals surface area (Å²) in [6.07, 6.45) is 0. The Morgan fingerprint density at radius 1 is 1.00 bits per heavy atom. The number of hydrogen-bond donors (Lipinski definition) is 0. The normalized spacial score (nSPS) is 22.5. The Hall–Kier alpha value is 0.0569. The van der Waals surface area contributed by atoms with Crippen molar-refractivity contribution in [2.75, 3.05) is 39.6 Å². The third-order valence-corrected chi connectivity index (χ3v) is 6.43. The minimum Gasteiger partial charge on any atom is -0.397 e. The van der Waals surface area contributed by atoms with Crippen LogP contribution in [0.15, 0.2) is 0 Å². The van der Waals surface area contributed by atoms with Crippen molar-refractivity contribution in [2.24, 2.45) is 11.8 Å². The molecule has 0 bridgehead atoms. The Balaban J connectivity index is 1.95. The summed E-state index contributed by atoms with van der Waals surface area (Å²) in [6.45, 7) is 9.13. The molecule has 2 rings (SSSR count). The minimum atomic E-state index is -1.56. The highest BCUT2D eigenvalue weighted by Gasteiger charge is 2.44. The lowest BCUT2D eigenvalue weighted by Gasteiger charge is -2.44. The molecule has 16 heavy (non-hydrogen) atoms. The van der Waals surface area contributed by atoms with Gasteiger partial charge in [-0.3, -0.25) is 0 Å². The Labute approximate surface area is 99.1 Å². The van der Waals surface area contributed by atoms with Crippen LogP contribution in [0.4, 0.5) is 0 Å². The van der Waals surface area contributed by atoms with Crippen LogP contribution in [0.3, 0.4) is 0 Å². The van der Waals surface area contributed by atoms with E-state index >= 15 is 0 Å². The SMILES string of the molecule is CCO[SiH](OCC)C(C1COC1)C1COC1. The summed E-state index contributed by atoms with van der Waals surface area (Å²) in [7, 11) is -1.56. The lowest BCUT2D eigenvalue weighted by Crippen LogP contribution is -2.49. The van der Waals surface area contributed by atoms with Crippen LogP contribution >= 0.6 is 0 Å². The smallest absolute Gasteiger partial charge is 0.325 e. The van der Waals surface area contributed by atoms with Crippen molar-refractivity contribution in [3.05, 3.63) is 0 Å². The molecule has 0 unspecified atom stereocenters. The van der Waals surface area contributed by atoms with Gasteiger partial charge in [-0.2, -0.15) is 0 Å². The predicted molar refractivity (Wildman–Crippen MR) is 62.8 cm³/mol.